The van der Waals surface area contributed by atoms with Crippen LogP contribution in [0.1, 0.15) is 35.0 Å². The van der Waals surface area contributed by atoms with Crippen LogP contribution in [0.4, 0.5) is 4.79 Å². The van der Waals surface area contributed by atoms with Crippen LogP contribution in [0.15, 0.2) is 35.7 Å². The number of thiazole rings is 1. The number of aromatic nitrogens is 1. The van der Waals surface area contributed by atoms with Crippen LogP contribution in [0, 0.1) is 6.92 Å². The molecule has 2 aromatic rings. The van der Waals surface area contributed by atoms with Crippen molar-refractivity contribution in [3.63, 3.8) is 0 Å². The van der Waals surface area contributed by atoms with E-state index in [-0.39, 0.29) is 11.8 Å². The first kappa shape index (κ1) is 18.4. The Morgan fingerprint density at radius 3 is 2.81 bits per heavy atom. The predicted molar refractivity (Wildman–Crippen MR) is 102 cm³/mol. The summed E-state index contributed by atoms with van der Waals surface area (Å²) in [6, 6.07) is 8.33. The SMILES string of the molecule is Cc1csc(C2CCCN(C(=O)C(Cc3ccccc3)NC(N)=O)C2)n1. The number of hydrogen-bond acceptors (Lipinski definition) is 4. The van der Waals surface area contributed by atoms with Gasteiger partial charge in [-0.25, -0.2) is 9.78 Å². The Labute approximate surface area is 157 Å². The summed E-state index contributed by atoms with van der Waals surface area (Å²) in [5.74, 6) is 0.183. The lowest BCUT2D eigenvalue weighted by molar-refractivity contribution is -0.134. The fourth-order valence-electron chi connectivity index (χ4n) is 3.38. The van der Waals surface area contributed by atoms with E-state index in [2.05, 4.69) is 10.3 Å². The molecule has 3 N–H and O–H groups in total. The largest absolute Gasteiger partial charge is 0.352 e. The number of amides is 3. The number of hydrogen-bond donors (Lipinski definition) is 2. The molecule has 0 aliphatic carbocycles. The zero-order valence-electron chi connectivity index (χ0n) is 14.9. The van der Waals surface area contributed by atoms with E-state index in [1.807, 2.05) is 47.5 Å². The van der Waals surface area contributed by atoms with Crippen LogP contribution in [-0.4, -0.2) is 41.0 Å². The summed E-state index contributed by atoms with van der Waals surface area (Å²) in [5.41, 5.74) is 7.32. The van der Waals surface area contributed by atoms with Crippen LogP contribution in [0.5, 0.6) is 0 Å². The summed E-state index contributed by atoms with van der Waals surface area (Å²) < 4.78 is 0. The molecule has 2 unspecified atom stereocenters. The number of carbonyl (C=O) groups is 2. The zero-order chi connectivity index (χ0) is 18.5. The van der Waals surface area contributed by atoms with Crippen molar-refractivity contribution in [1.29, 1.82) is 0 Å². The second-order valence-electron chi connectivity index (χ2n) is 6.70. The number of primary amides is 1. The first-order valence-corrected chi connectivity index (χ1v) is 9.71. The summed E-state index contributed by atoms with van der Waals surface area (Å²) in [5, 5.41) is 5.75. The van der Waals surface area contributed by atoms with Crippen molar-refractivity contribution in [1.82, 2.24) is 15.2 Å². The number of aryl methyl sites for hydroxylation is 1. The molecule has 2 atom stereocenters. The van der Waals surface area contributed by atoms with Crippen LogP contribution in [0.2, 0.25) is 0 Å². The van der Waals surface area contributed by atoms with E-state index < -0.39 is 12.1 Å². The molecule has 3 amide bonds. The molecule has 1 aliphatic rings. The smallest absolute Gasteiger partial charge is 0.312 e. The Kier molecular flexibility index (Phi) is 5.88. The van der Waals surface area contributed by atoms with E-state index in [0.717, 1.165) is 29.1 Å². The molecule has 2 heterocycles. The summed E-state index contributed by atoms with van der Waals surface area (Å²) in [7, 11) is 0. The number of nitrogens with two attached hydrogens (primary N) is 1. The number of piperidine rings is 1. The summed E-state index contributed by atoms with van der Waals surface area (Å²) >= 11 is 1.65. The minimum absolute atomic E-state index is 0.0781. The average Bonchev–Trinajstić information content (AvgIpc) is 3.08. The minimum atomic E-state index is -0.677. The monoisotopic (exact) mass is 372 g/mol. The first-order valence-electron chi connectivity index (χ1n) is 8.83. The van der Waals surface area contributed by atoms with Gasteiger partial charge in [-0.2, -0.15) is 0 Å². The van der Waals surface area contributed by atoms with Gasteiger partial charge in [-0.05, 0) is 25.3 Å². The molecule has 3 rings (SSSR count). The highest BCUT2D eigenvalue weighted by molar-refractivity contribution is 7.09. The molecule has 0 bridgehead atoms. The maximum atomic E-state index is 13.1. The number of nitrogens with zero attached hydrogens (tertiary/aromatic N) is 2. The summed E-state index contributed by atoms with van der Waals surface area (Å²) in [6.45, 7) is 3.32. The van der Waals surface area contributed by atoms with Gasteiger partial charge in [0.05, 0.1) is 5.01 Å². The summed E-state index contributed by atoms with van der Waals surface area (Å²) in [4.78, 5) is 30.9. The van der Waals surface area contributed by atoms with E-state index in [1.54, 1.807) is 11.3 Å². The third kappa shape index (κ3) is 4.60. The maximum Gasteiger partial charge on any atom is 0.312 e. The lowest BCUT2D eigenvalue weighted by atomic mass is 9.97. The molecule has 1 saturated heterocycles. The number of likely N-dealkylation sites (tertiary alicyclic amines) is 1. The van der Waals surface area contributed by atoms with Crippen molar-refractivity contribution in [3.05, 3.63) is 52.0 Å². The number of rotatable bonds is 5. The van der Waals surface area contributed by atoms with Gasteiger partial charge in [0.2, 0.25) is 5.91 Å². The molecule has 138 valence electrons. The van der Waals surface area contributed by atoms with Gasteiger partial charge in [-0.1, -0.05) is 30.3 Å². The number of urea groups is 1. The Hall–Kier alpha value is -2.41. The molecule has 26 heavy (non-hydrogen) atoms. The molecule has 1 aromatic carbocycles. The summed E-state index contributed by atoms with van der Waals surface area (Å²) in [6.07, 6.45) is 2.40. The van der Waals surface area contributed by atoms with Crippen LogP contribution >= 0.6 is 11.3 Å². The van der Waals surface area contributed by atoms with Crippen molar-refractivity contribution >= 4 is 23.3 Å². The van der Waals surface area contributed by atoms with Crippen LogP contribution in [0.25, 0.3) is 0 Å². The van der Waals surface area contributed by atoms with Gasteiger partial charge < -0.3 is 16.0 Å². The van der Waals surface area contributed by atoms with E-state index in [0.29, 0.717) is 19.5 Å². The predicted octanol–water partition coefficient (Wildman–Crippen LogP) is 2.44. The first-order chi connectivity index (χ1) is 12.5. The average molecular weight is 372 g/mol. The Balaban J connectivity index is 1.71. The van der Waals surface area contributed by atoms with Gasteiger partial charge in [0.1, 0.15) is 6.04 Å². The van der Waals surface area contributed by atoms with Crippen LogP contribution < -0.4 is 11.1 Å². The van der Waals surface area contributed by atoms with E-state index >= 15 is 0 Å². The molecule has 0 saturated carbocycles. The number of carbonyl (C=O) groups excluding carboxylic acids is 2. The van der Waals surface area contributed by atoms with Crippen molar-refractivity contribution in [2.24, 2.45) is 5.73 Å². The second-order valence-corrected chi connectivity index (χ2v) is 7.59. The van der Waals surface area contributed by atoms with E-state index in [1.165, 1.54) is 0 Å². The van der Waals surface area contributed by atoms with E-state index in [4.69, 9.17) is 5.73 Å². The van der Waals surface area contributed by atoms with Crippen LogP contribution in [-0.2, 0) is 11.2 Å². The van der Waals surface area contributed by atoms with Gasteiger partial charge in [0.15, 0.2) is 0 Å². The zero-order valence-corrected chi connectivity index (χ0v) is 15.7. The highest BCUT2D eigenvalue weighted by Crippen LogP contribution is 2.29. The van der Waals surface area contributed by atoms with Gasteiger partial charge in [-0.15, -0.1) is 11.3 Å². The van der Waals surface area contributed by atoms with Crippen molar-refractivity contribution in [2.45, 2.75) is 38.1 Å². The van der Waals surface area contributed by atoms with Gasteiger partial charge >= 0.3 is 6.03 Å². The molecular weight excluding hydrogens is 348 g/mol. The third-order valence-corrected chi connectivity index (χ3v) is 5.74. The fourth-order valence-corrected chi connectivity index (χ4v) is 4.31. The normalized spacial score (nSPS) is 18.3. The van der Waals surface area contributed by atoms with E-state index in [9.17, 15) is 9.59 Å². The lowest BCUT2D eigenvalue weighted by Crippen LogP contribution is -2.53. The highest BCUT2D eigenvalue weighted by atomic mass is 32.1. The lowest BCUT2D eigenvalue weighted by Gasteiger charge is -2.34. The van der Waals surface area contributed by atoms with Crippen molar-refractivity contribution in [3.8, 4) is 0 Å². The molecule has 1 fully saturated rings. The van der Waals surface area contributed by atoms with Crippen molar-refractivity contribution in [2.75, 3.05) is 13.1 Å². The number of nitrogens with one attached hydrogen (secondary N) is 1. The minimum Gasteiger partial charge on any atom is -0.352 e. The van der Waals surface area contributed by atoms with Crippen LogP contribution in [0.3, 0.4) is 0 Å². The van der Waals surface area contributed by atoms with Gasteiger partial charge in [0, 0.05) is 36.5 Å². The molecule has 0 spiro atoms. The molecule has 7 heteroatoms. The third-order valence-electron chi connectivity index (χ3n) is 4.62. The van der Waals surface area contributed by atoms with Gasteiger partial charge in [0.25, 0.3) is 0 Å². The van der Waals surface area contributed by atoms with Crippen molar-refractivity contribution < 1.29 is 9.59 Å². The topological polar surface area (TPSA) is 88.3 Å². The van der Waals surface area contributed by atoms with Gasteiger partial charge in [-0.3, -0.25) is 4.79 Å². The molecular formula is C19H24N4O2S. The quantitative estimate of drug-likeness (QED) is 0.845. The number of benzene rings is 1. The maximum absolute atomic E-state index is 13.1. The Bertz CT molecular complexity index is 762. The highest BCUT2D eigenvalue weighted by Gasteiger charge is 2.31. The second kappa shape index (κ2) is 8.31. The Morgan fingerprint density at radius 2 is 2.15 bits per heavy atom. The molecule has 1 aromatic heterocycles. The molecule has 0 radical (unpaired) electrons. The Morgan fingerprint density at radius 1 is 1.38 bits per heavy atom. The molecule has 6 nitrogen and oxygen atoms in total. The fraction of sp³-hybridized carbons (Fsp3) is 0.421. The standard InChI is InChI=1S/C19H24N4O2S/c1-13-12-26-17(21-13)15-8-5-9-23(11-15)18(24)16(22-19(20)25)10-14-6-3-2-4-7-14/h2-4,6-7,12,15-16H,5,8-11H2,1H3,(H3,20,22,25). The molecule has 1 aliphatic heterocycles.